The first kappa shape index (κ1) is 18.0. The van der Waals surface area contributed by atoms with Crippen LogP contribution in [0.25, 0.3) is 10.9 Å². The number of para-hydroxylation sites is 1. The molecule has 1 fully saturated rings. The Morgan fingerprint density at radius 1 is 1.15 bits per heavy atom. The van der Waals surface area contributed by atoms with E-state index < -0.39 is 0 Å². The van der Waals surface area contributed by atoms with Crippen molar-refractivity contribution < 1.29 is 9.84 Å². The number of benzene rings is 2. The number of nitrogens with zero attached hydrogens (tertiary/aromatic N) is 1. The van der Waals surface area contributed by atoms with E-state index in [9.17, 15) is 5.11 Å². The van der Waals surface area contributed by atoms with Crippen molar-refractivity contribution in [1.29, 1.82) is 0 Å². The van der Waals surface area contributed by atoms with E-state index in [-0.39, 0.29) is 11.8 Å². The van der Waals surface area contributed by atoms with Gasteiger partial charge in [-0.2, -0.15) is 0 Å². The molecule has 1 atom stereocenters. The van der Waals surface area contributed by atoms with Gasteiger partial charge in [-0.15, -0.1) is 0 Å². The molecule has 6 heteroatoms. The summed E-state index contributed by atoms with van der Waals surface area (Å²) in [7, 11) is 0. The smallest absolute Gasteiger partial charge is 0.134 e. The zero-order chi connectivity index (χ0) is 18.3. The van der Waals surface area contributed by atoms with Gasteiger partial charge < -0.3 is 14.8 Å². The van der Waals surface area contributed by atoms with Crippen LogP contribution >= 0.6 is 31.9 Å². The van der Waals surface area contributed by atoms with Gasteiger partial charge in [0.05, 0.1) is 23.7 Å². The number of aromatic amines is 1. The Kier molecular flexibility index (Phi) is 5.10. The number of hydrogen-bond donors (Lipinski definition) is 2. The van der Waals surface area contributed by atoms with Gasteiger partial charge in [0.15, 0.2) is 0 Å². The number of halogens is 2. The van der Waals surface area contributed by atoms with Crippen LogP contribution in [0, 0.1) is 6.92 Å². The Morgan fingerprint density at radius 2 is 1.88 bits per heavy atom. The van der Waals surface area contributed by atoms with Crippen LogP contribution in [0.5, 0.6) is 5.75 Å². The van der Waals surface area contributed by atoms with Crippen molar-refractivity contribution in [2.45, 2.75) is 13.0 Å². The predicted molar refractivity (Wildman–Crippen MR) is 111 cm³/mol. The summed E-state index contributed by atoms with van der Waals surface area (Å²) < 4.78 is 7.20. The quantitative estimate of drug-likeness (QED) is 0.547. The van der Waals surface area contributed by atoms with Crippen LogP contribution < -0.4 is 0 Å². The Labute approximate surface area is 169 Å². The summed E-state index contributed by atoms with van der Waals surface area (Å²) in [6, 6.07) is 12.2. The van der Waals surface area contributed by atoms with Gasteiger partial charge in [0.1, 0.15) is 5.75 Å². The molecule has 0 saturated carbocycles. The maximum absolute atomic E-state index is 10.8. The lowest BCUT2D eigenvalue weighted by atomic mass is 9.93. The molecule has 136 valence electrons. The highest BCUT2D eigenvalue weighted by Crippen LogP contribution is 2.43. The molecule has 3 aromatic rings. The second-order valence-electron chi connectivity index (χ2n) is 6.59. The van der Waals surface area contributed by atoms with E-state index in [2.05, 4.69) is 66.9 Å². The molecule has 1 saturated heterocycles. The van der Waals surface area contributed by atoms with E-state index in [1.807, 2.05) is 18.2 Å². The fourth-order valence-electron chi connectivity index (χ4n) is 3.82. The average Bonchev–Trinajstić information content (AvgIpc) is 2.96. The lowest BCUT2D eigenvalue weighted by Crippen LogP contribution is -2.39. The highest BCUT2D eigenvalue weighted by molar-refractivity contribution is 9.11. The number of H-pyrrole nitrogens is 1. The van der Waals surface area contributed by atoms with Crippen LogP contribution in [0.4, 0.5) is 0 Å². The molecular formula is C20H20Br2N2O2. The molecule has 26 heavy (non-hydrogen) atoms. The SMILES string of the molecule is Cc1[nH]c2ccccc2c1[C@H](c1cc(Br)cc(Br)c1O)N1CCOCC1. The predicted octanol–water partition coefficient (Wildman–Crippen LogP) is 5.13. The van der Waals surface area contributed by atoms with Gasteiger partial charge in [-0.25, -0.2) is 0 Å². The van der Waals surface area contributed by atoms with Crippen molar-refractivity contribution in [1.82, 2.24) is 9.88 Å². The number of fused-ring (bicyclic) bond motifs is 1. The van der Waals surface area contributed by atoms with E-state index in [0.717, 1.165) is 34.3 Å². The van der Waals surface area contributed by atoms with E-state index in [0.29, 0.717) is 17.7 Å². The van der Waals surface area contributed by atoms with Crippen molar-refractivity contribution in [2.24, 2.45) is 0 Å². The fourth-order valence-corrected chi connectivity index (χ4v) is 5.07. The zero-order valence-corrected chi connectivity index (χ0v) is 17.6. The molecule has 4 rings (SSSR count). The topological polar surface area (TPSA) is 48.5 Å². The largest absolute Gasteiger partial charge is 0.506 e. The molecule has 0 amide bonds. The number of aromatic nitrogens is 1. The summed E-state index contributed by atoms with van der Waals surface area (Å²) in [6.45, 7) is 5.16. The molecule has 0 bridgehead atoms. The summed E-state index contributed by atoms with van der Waals surface area (Å²) >= 11 is 7.07. The maximum Gasteiger partial charge on any atom is 0.134 e. The third kappa shape index (κ3) is 3.20. The summed E-state index contributed by atoms with van der Waals surface area (Å²) in [4.78, 5) is 5.89. The summed E-state index contributed by atoms with van der Waals surface area (Å²) in [5, 5.41) is 12.0. The van der Waals surface area contributed by atoms with Crippen LogP contribution in [-0.2, 0) is 4.74 Å². The van der Waals surface area contributed by atoms with Crippen LogP contribution in [0.2, 0.25) is 0 Å². The number of nitrogens with one attached hydrogen (secondary N) is 1. The fraction of sp³-hybridized carbons (Fsp3) is 0.300. The summed E-state index contributed by atoms with van der Waals surface area (Å²) in [5.41, 5.74) is 4.34. The third-order valence-electron chi connectivity index (χ3n) is 4.98. The van der Waals surface area contributed by atoms with Crippen molar-refractivity contribution >= 4 is 42.8 Å². The molecule has 2 aromatic carbocycles. The van der Waals surface area contributed by atoms with Gasteiger partial charge in [-0.3, -0.25) is 4.90 Å². The molecule has 2 heterocycles. The molecule has 4 nitrogen and oxygen atoms in total. The van der Waals surface area contributed by atoms with E-state index in [1.54, 1.807) is 0 Å². The second kappa shape index (κ2) is 7.35. The number of ether oxygens (including phenoxy) is 1. The molecule has 0 spiro atoms. The Bertz CT molecular complexity index is 948. The van der Waals surface area contributed by atoms with Crippen molar-refractivity contribution in [2.75, 3.05) is 26.3 Å². The van der Waals surface area contributed by atoms with Crippen molar-refractivity contribution in [3.63, 3.8) is 0 Å². The third-order valence-corrected chi connectivity index (χ3v) is 6.04. The summed E-state index contributed by atoms with van der Waals surface area (Å²) in [5.74, 6) is 0.286. The number of rotatable bonds is 3. The normalized spacial score (nSPS) is 16.9. The Hall–Kier alpha value is -1.34. The van der Waals surface area contributed by atoms with Gasteiger partial charge in [0.2, 0.25) is 0 Å². The molecule has 1 aromatic heterocycles. The molecule has 0 radical (unpaired) electrons. The monoisotopic (exact) mass is 478 g/mol. The molecular weight excluding hydrogens is 460 g/mol. The first-order chi connectivity index (χ1) is 12.6. The van der Waals surface area contributed by atoms with Crippen LogP contribution in [0.1, 0.15) is 22.9 Å². The van der Waals surface area contributed by atoms with E-state index in [1.165, 1.54) is 10.9 Å². The van der Waals surface area contributed by atoms with Gasteiger partial charge >= 0.3 is 0 Å². The van der Waals surface area contributed by atoms with Crippen molar-refractivity contribution in [3.8, 4) is 5.75 Å². The van der Waals surface area contributed by atoms with Gasteiger partial charge in [-0.1, -0.05) is 34.1 Å². The highest BCUT2D eigenvalue weighted by Gasteiger charge is 2.31. The number of phenolic OH excluding ortho intramolecular Hbond substituents is 1. The van der Waals surface area contributed by atoms with Crippen LogP contribution in [-0.4, -0.2) is 41.3 Å². The lowest BCUT2D eigenvalue weighted by molar-refractivity contribution is 0.0237. The molecule has 2 N–H and O–H groups in total. The minimum absolute atomic E-state index is 0.0520. The minimum Gasteiger partial charge on any atom is -0.506 e. The first-order valence-corrected chi connectivity index (χ1v) is 10.2. The second-order valence-corrected chi connectivity index (χ2v) is 8.36. The maximum atomic E-state index is 10.8. The standard InChI is InChI=1S/C20H20Br2N2O2/c1-12-18(14-4-2-3-5-17(14)23-12)19(24-6-8-26-9-7-24)15-10-13(21)11-16(22)20(15)25/h2-5,10-11,19,23,25H,6-9H2,1H3/t19-/m0/s1. The van der Waals surface area contributed by atoms with Crippen LogP contribution in [0.15, 0.2) is 45.3 Å². The molecule has 1 aliphatic heterocycles. The molecule has 0 unspecified atom stereocenters. The average molecular weight is 480 g/mol. The van der Waals surface area contributed by atoms with Gasteiger partial charge in [0.25, 0.3) is 0 Å². The minimum atomic E-state index is -0.0520. The number of hydrogen-bond acceptors (Lipinski definition) is 3. The number of morpholine rings is 1. The van der Waals surface area contributed by atoms with Crippen LogP contribution in [0.3, 0.4) is 0 Å². The van der Waals surface area contributed by atoms with E-state index >= 15 is 0 Å². The Balaban J connectivity index is 1.96. The highest BCUT2D eigenvalue weighted by atomic mass is 79.9. The number of aryl methyl sites for hydroxylation is 1. The van der Waals surface area contributed by atoms with Gasteiger partial charge in [-0.05, 0) is 41.1 Å². The lowest BCUT2D eigenvalue weighted by Gasteiger charge is -2.35. The van der Waals surface area contributed by atoms with E-state index in [4.69, 9.17) is 4.74 Å². The zero-order valence-electron chi connectivity index (χ0n) is 14.4. The number of aromatic hydroxyl groups is 1. The molecule has 1 aliphatic rings. The van der Waals surface area contributed by atoms with Gasteiger partial charge in [0, 0.05) is 45.3 Å². The summed E-state index contributed by atoms with van der Waals surface area (Å²) in [6.07, 6.45) is 0. The molecule has 0 aliphatic carbocycles. The first-order valence-electron chi connectivity index (χ1n) is 8.63. The van der Waals surface area contributed by atoms with Crippen molar-refractivity contribution in [3.05, 3.63) is 62.2 Å². The number of phenols is 1. The Morgan fingerprint density at radius 3 is 2.65 bits per heavy atom.